The normalized spacial score (nSPS) is 11.0. The van der Waals surface area contributed by atoms with E-state index < -0.39 is 0 Å². The Labute approximate surface area is 139 Å². The van der Waals surface area contributed by atoms with Crippen molar-refractivity contribution in [3.8, 4) is 0 Å². The van der Waals surface area contributed by atoms with E-state index in [0.29, 0.717) is 18.1 Å². The molecule has 2 rings (SSSR count). The largest absolute Gasteiger partial charge is 0.341 e. The third-order valence-corrected chi connectivity index (χ3v) is 4.15. The van der Waals surface area contributed by atoms with E-state index in [-0.39, 0.29) is 17.8 Å². The first-order chi connectivity index (χ1) is 11.0. The number of hydrogen-bond donors (Lipinski definition) is 0. The van der Waals surface area contributed by atoms with Gasteiger partial charge in [0.2, 0.25) is 5.91 Å². The van der Waals surface area contributed by atoms with Gasteiger partial charge >= 0.3 is 0 Å². The number of thioether (sulfide) groups is 1. The Hall–Kier alpha value is -1.96. The van der Waals surface area contributed by atoms with E-state index in [4.69, 9.17) is 0 Å². The molecule has 0 atom stereocenters. The predicted octanol–water partition coefficient (Wildman–Crippen LogP) is 2.28. The Kier molecular flexibility index (Phi) is 6.09. The number of hydrogen-bond acceptors (Lipinski definition) is 5. The van der Waals surface area contributed by atoms with Crippen LogP contribution in [0.25, 0.3) is 0 Å². The van der Waals surface area contributed by atoms with Gasteiger partial charge in [-0.05, 0) is 42.0 Å². The molecule has 0 radical (unpaired) electrons. The van der Waals surface area contributed by atoms with Crippen LogP contribution in [0, 0.1) is 5.82 Å². The van der Waals surface area contributed by atoms with E-state index in [2.05, 4.69) is 15.5 Å². The molecule has 23 heavy (non-hydrogen) atoms. The fourth-order valence-corrected chi connectivity index (χ4v) is 2.92. The molecule has 0 aliphatic heterocycles. The Morgan fingerprint density at radius 1 is 1.43 bits per heavy atom. The van der Waals surface area contributed by atoms with E-state index in [1.165, 1.54) is 23.9 Å². The van der Waals surface area contributed by atoms with Crippen molar-refractivity contribution in [2.45, 2.75) is 32.2 Å². The molecule has 2 aromatic rings. The molecule has 0 bridgehead atoms. The number of tetrazole rings is 1. The lowest BCUT2D eigenvalue weighted by Crippen LogP contribution is -2.28. The fourth-order valence-electron chi connectivity index (χ4n) is 2.05. The maximum absolute atomic E-state index is 13.2. The molecule has 8 heteroatoms. The maximum Gasteiger partial charge on any atom is 0.232 e. The van der Waals surface area contributed by atoms with Gasteiger partial charge in [-0.25, -0.2) is 9.07 Å². The zero-order chi connectivity index (χ0) is 16.8. The van der Waals surface area contributed by atoms with Gasteiger partial charge in [0.15, 0.2) is 5.82 Å². The minimum absolute atomic E-state index is 0.0113. The summed E-state index contributed by atoms with van der Waals surface area (Å²) in [5.41, 5.74) is 0.773. The van der Waals surface area contributed by atoms with Crippen LogP contribution in [0.4, 0.5) is 4.39 Å². The molecule has 0 spiro atoms. The second-order valence-corrected chi connectivity index (χ2v) is 6.49. The summed E-state index contributed by atoms with van der Waals surface area (Å²) < 4.78 is 14.9. The SMILES string of the molecule is CC(C)n1nnnc1CSCC(=O)N(C)Cc1cccc(F)c1. The molecule has 0 aliphatic rings. The zero-order valence-electron chi connectivity index (χ0n) is 13.4. The third kappa shape index (κ3) is 5.02. The summed E-state index contributed by atoms with van der Waals surface area (Å²) in [6.07, 6.45) is 0. The van der Waals surface area contributed by atoms with Crippen LogP contribution in [0.5, 0.6) is 0 Å². The molecule has 6 nitrogen and oxygen atoms in total. The number of carbonyl (C=O) groups is 1. The fraction of sp³-hybridized carbons (Fsp3) is 0.467. The van der Waals surface area contributed by atoms with Crippen molar-refractivity contribution in [3.05, 3.63) is 41.5 Å². The van der Waals surface area contributed by atoms with Crippen LogP contribution in [-0.4, -0.2) is 43.8 Å². The zero-order valence-corrected chi connectivity index (χ0v) is 14.3. The van der Waals surface area contributed by atoms with Crippen molar-refractivity contribution in [1.82, 2.24) is 25.1 Å². The number of aromatic nitrogens is 4. The van der Waals surface area contributed by atoms with Gasteiger partial charge in [0.05, 0.1) is 17.5 Å². The van der Waals surface area contributed by atoms with Crippen molar-refractivity contribution in [1.29, 1.82) is 0 Å². The number of benzene rings is 1. The van der Waals surface area contributed by atoms with Crippen molar-refractivity contribution in [3.63, 3.8) is 0 Å². The quantitative estimate of drug-likeness (QED) is 0.775. The average molecular weight is 337 g/mol. The Morgan fingerprint density at radius 2 is 2.22 bits per heavy atom. The monoisotopic (exact) mass is 337 g/mol. The van der Waals surface area contributed by atoms with E-state index in [1.807, 2.05) is 13.8 Å². The first kappa shape index (κ1) is 17.4. The lowest BCUT2D eigenvalue weighted by Gasteiger charge is -2.17. The summed E-state index contributed by atoms with van der Waals surface area (Å²) in [5.74, 6) is 1.35. The van der Waals surface area contributed by atoms with Crippen molar-refractivity contribution in [2.75, 3.05) is 12.8 Å². The molecule has 0 saturated heterocycles. The molecule has 1 aromatic carbocycles. The lowest BCUT2D eigenvalue weighted by atomic mass is 10.2. The molecular formula is C15H20FN5OS. The highest BCUT2D eigenvalue weighted by molar-refractivity contribution is 7.99. The molecule has 0 saturated carbocycles. The Bertz CT molecular complexity index is 661. The number of amides is 1. The average Bonchev–Trinajstić information content (AvgIpc) is 2.95. The van der Waals surface area contributed by atoms with Gasteiger partial charge in [-0.1, -0.05) is 12.1 Å². The summed E-state index contributed by atoms with van der Waals surface area (Å²) in [6, 6.07) is 6.46. The van der Waals surface area contributed by atoms with Gasteiger partial charge in [0.1, 0.15) is 5.82 Å². The maximum atomic E-state index is 13.2. The number of nitrogens with zero attached hydrogens (tertiary/aromatic N) is 5. The van der Waals surface area contributed by atoms with Gasteiger partial charge in [-0.15, -0.1) is 16.9 Å². The topological polar surface area (TPSA) is 63.9 Å². The molecule has 124 valence electrons. The van der Waals surface area contributed by atoms with Crippen LogP contribution >= 0.6 is 11.8 Å². The van der Waals surface area contributed by atoms with Crippen LogP contribution < -0.4 is 0 Å². The van der Waals surface area contributed by atoms with Gasteiger partial charge in [-0.2, -0.15) is 0 Å². The minimum Gasteiger partial charge on any atom is -0.341 e. The Balaban J connectivity index is 1.81. The smallest absolute Gasteiger partial charge is 0.232 e. The summed E-state index contributed by atoms with van der Waals surface area (Å²) in [5, 5.41) is 11.6. The summed E-state index contributed by atoms with van der Waals surface area (Å²) in [6.45, 7) is 4.39. The highest BCUT2D eigenvalue weighted by atomic mass is 32.2. The van der Waals surface area contributed by atoms with Crippen molar-refractivity contribution in [2.24, 2.45) is 0 Å². The summed E-state index contributed by atoms with van der Waals surface area (Å²) in [4.78, 5) is 13.7. The molecule has 1 aromatic heterocycles. The van der Waals surface area contributed by atoms with E-state index in [1.54, 1.807) is 28.8 Å². The van der Waals surface area contributed by atoms with Crippen molar-refractivity contribution < 1.29 is 9.18 Å². The summed E-state index contributed by atoms with van der Waals surface area (Å²) in [7, 11) is 1.71. The van der Waals surface area contributed by atoms with Gasteiger partial charge in [-0.3, -0.25) is 4.79 Å². The molecule has 1 heterocycles. The first-order valence-electron chi connectivity index (χ1n) is 7.30. The molecular weight excluding hydrogens is 317 g/mol. The molecule has 0 unspecified atom stereocenters. The summed E-state index contributed by atoms with van der Waals surface area (Å²) >= 11 is 1.46. The second kappa shape index (κ2) is 8.05. The Morgan fingerprint density at radius 3 is 2.91 bits per heavy atom. The third-order valence-electron chi connectivity index (χ3n) is 3.24. The standard InChI is InChI=1S/C15H20FN5OS/c1-11(2)21-14(17-18-19-21)9-23-10-15(22)20(3)8-12-5-4-6-13(16)7-12/h4-7,11H,8-10H2,1-3H3. The molecule has 0 fully saturated rings. The highest BCUT2D eigenvalue weighted by Gasteiger charge is 2.13. The van der Waals surface area contributed by atoms with Crippen LogP contribution in [-0.2, 0) is 17.1 Å². The van der Waals surface area contributed by atoms with E-state index in [9.17, 15) is 9.18 Å². The number of halogens is 1. The number of carbonyl (C=O) groups excluding carboxylic acids is 1. The first-order valence-corrected chi connectivity index (χ1v) is 8.45. The van der Waals surface area contributed by atoms with Gasteiger partial charge in [0.25, 0.3) is 0 Å². The van der Waals surface area contributed by atoms with Crippen LogP contribution in [0.1, 0.15) is 31.3 Å². The van der Waals surface area contributed by atoms with Gasteiger partial charge in [0, 0.05) is 13.6 Å². The second-order valence-electron chi connectivity index (χ2n) is 5.51. The van der Waals surface area contributed by atoms with Crippen LogP contribution in [0.2, 0.25) is 0 Å². The molecule has 1 amide bonds. The van der Waals surface area contributed by atoms with Crippen LogP contribution in [0.15, 0.2) is 24.3 Å². The minimum atomic E-state index is -0.293. The number of rotatable bonds is 7. The van der Waals surface area contributed by atoms with Gasteiger partial charge < -0.3 is 4.90 Å². The highest BCUT2D eigenvalue weighted by Crippen LogP contribution is 2.14. The van der Waals surface area contributed by atoms with E-state index >= 15 is 0 Å². The van der Waals surface area contributed by atoms with Crippen LogP contribution in [0.3, 0.4) is 0 Å². The molecule has 0 aliphatic carbocycles. The van der Waals surface area contributed by atoms with Crippen molar-refractivity contribution >= 4 is 17.7 Å². The molecule has 0 N–H and O–H groups in total. The lowest BCUT2D eigenvalue weighted by molar-refractivity contribution is -0.127. The van der Waals surface area contributed by atoms with E-state index in [0.717, 1.165) is 11.4 Å². The predicted molar refractivity (Wildman–Crippen MR) is 87.2 cm³/mol.